The Labute approximate surface area is 147 Å². The molecule has 0 amide bonds. The van der Waals surface area contributed by atoms with Crippen LogP contribution in [0.3, 0.4) is 0 Å². The first-order chi connectivity index (χ1) is 12.3. The van der Waals surface area contributed by atoms with Gasteiger partial charge in [0.1, 0.15) is 0 Å². The Bertz CT molecular complexity index is 966. The molecular formula is C21H22N4. The van der Waals surface area contributed by atoms with Crippen molar-refractivity contribution < 1.29 is 0 Å². The fourth-order valence-electron chi connectivity index (χ4n) is 3.21. The van der Waals surface area contributed by atoms with Crippen molar-refractivity contribution in [2.45, 2.75) is 26.3 Å². The lowest BCUT2D eigenvalue weighted by Crippen LogP contribution is -2.06. The average molecular weight is 330 g/mol. The van der Waals surface area contributed by atoms with Crippen LogP contribution in [0.15, 0.2) is 67.0 Å². The number of aromatic nitrogens is 3. The van der Waals surface area contributed by atoms with Gasteiger partial charge in [0, 0.05) is 40.6 Å². The van der Waals surface area contributed by atoms with Crippen molar-refractivity contribution in [3.8, 4) is 5.69 Å². The average Bonchev–Trinajstić information content (AvgIpc) is 3.27. The summed E-state index contributed by atoms with van der Waals surface area (Å²) in [5, 5.41) is 9.39. The van der Waals surface area contributed by atoms with Gasteiger partial charge in [-0.1, -0.05) is 31.5 Å². The fourth-order valence-corrected chi connectivity index (χ4v) is 3.21. The van der Waals surface area contributed by atoms with E-state index in [-0.39, 0.29) is 0 Å². The highest BCUT2D eigenvalue weighted by Gasteiger charge is 2.11. The molecule has 126 valence electrons. The number of fused-ring (bicyclic) bond motifs is 1. The maximum Gasteiger partial charge on any atom is 0.0648 e. The van der Waals surface area contributed by atoms with E-state index in [0.29, 0.717) is 0 Å². The number of rotatable bonds is 6. The molecule has 0 saturated heterocycles. The Hall–Kier alpha value is -3.01. The second kappa shape index (κ2) is 6.85. The quantitative estimate of drug-likeness (QED) is 0.527. The first-order valence-corrected chi connectivity index (χ1v) is 8.77. The topological polar surface area (TPSA) is 45.6 Å². The first-order valence-electron chi connectivity index (χ1n) is 8.77. The summed E-state index contributed by atoms with van der Waals surface area (Å²) in [5.41, 5.74) is 5.94. The van der Waals surface area contributed by atoms with E-state index in [9.17, 15) is 0 Å². The third-order valence-electron chi connectivity index (χ3n) is 4.48. The zero-order chi connectivity index (χ0) is 17.1. The zero-order valence-corrected chi connectivity index (χ0v) is 14.4. The molecule has 2 aromatic heterocycles. The number of anilines is 1. The lowest BCUT2D eigenvalue weighted by Gasteiger charge is -2.10. The summed E-state index contributed by atoms with van der Waals surface area (Å²) in [7, 11) is 0. The van der Waals surface area contributed by atoms with Crippen molar-refractivity contribution >= 4 is 16.6 Å². The minimum Gasteiger partial charge on any atom is -0.381 e. The van der Waals surface area contributed by atoms with E-state index in [1.54, 1.807) is 0 Å². The van der Waals surface area contributed by atoms with Crippen LogP contribution in [0.2, 0.25) is 0 Å². The maximum absolute atomic E-state index is 4.63. The van der Waals surface area contributed by atoms with Gasteiger partial charge in [0.25, 0.3) is 0 Å². The highest BCUT2D eigenvalue weighted by molar-refractivity contribution is 5.82. The number of para-hydroxylation sites is 1. The number of benzene rings is 2. The largest absolute Gasteiger partial charge is 0.381 e. The van der Waals surface area contributed by atoms with Gasteiger partial charge in [0.15, 0.2) is 0 Å². The van der Waals surface area contributed by atoms with Gasteiger partial charge in [-0.15, -0.1) is 0 Å². The van der Waals surface area contributed by atoms with E-state index in [2.05, 4.69) is 75.5 Å². The molecule has 4 aromatic rings. The molecule has 2 N–H and O–H groups in total. The minimum atomic E-state index is 0.776. The highest BCUT2D eigenvalue weighted by Crippen LogP contribution is 2.21. The molecule has 0 aliphatic rings. The molecule has 2 heterocycles. The number of aromatic amines is 1. The number of hydrogen-bond acceptors (Lipinski definition) is 2. The molecule has 0 unspecified atom stereocenters. The summed E-state index contributed by atoms with van der Waals surface area (Å²) < 4.78 is 2.07. The standard InChI is InChI=1S/C21H22N4/c1-2-6-21-17(15-24-25(21)19-7-4-3-5-8-19)14-23-18-9-10-20-16(13-18)11-12-22-20/h3-5,7-13,15,22-23H,2,6,14H2,1H3. The second-order valence-corrected chi connectivity index (χ2v) is 6.25. The van der Waals surface area contributed by atoms with Crippen LogP contribution in [0, 0.1) is 0 Å². The van der Waals surface area contributed by atoms with Gasteiger partial charge in [-0.05, 0) is 42.8 Å². The predicted molar refractivity (Wildman–Crippen MR) is 103 cm³/mol. The van der Waals surface area contributed by atoms with E-state index in [1.807, 2.05) is 18.5 Å². The van der Waals surface area contributed by atoms with Gasteiger partial charge in [0.2, 0.25) is 0 Å². The van der Waals surface area contributed by atoms with E-state index >= 15 is 0 Å². The minimum absolute atomic E-state index is 0.776. The fraction of sp³-hybridized carbons (Fsp3) is 0.190. The highest BCUT2D eigenvalue weighted by atomic mass is 15.3. The lowest BCUT2D eigenvalue weighted by molar-refractivity contribution is 0.769. The second-order valence-electron chi connectivity index (χ2n) is 6.25. The molecule has 4 rings (SSSR count). The zero-order valence-electron chi connectivity index (χ0n) is 14.4. The summed E-state index contributed by atoms with van der Waals surface area (Å²) in [5.74, 6) is 0. The molecule has 0 aliphatic heterocycles. The number of nitrogens with zero attached hydrogens (tertiary/aromatic N) is 2. The Morgan fingerprint density at radius 1 is 1.08 bits per heavy atom. The van der Waals surface area contributed by atoms with Crippen LogP contribution in [0.4, 0.5) is 5.69 Å². The van der Waals surface area contributed by atoms with Crippen LogP contribution >= 0.6 is 0 Å². The van der Waals surface area contributed by atoms with Crippen molar-refractivity contribution in [3.63, 3.8) is 0 Å². The van der Waals surface area contributed by atoms with Crippen LogP contribution in [0.5, 0.6) is 0 Å². The normalized spacial score (nSPS) is 11.1. The molecule has 0 saturated carbocycles. The molecule has 0 spiro atoms. The molecular weight excluding hydrogens is 308 g/mol. The third kappa shape index (κ3) is 3.15. The van der Waals surface area contributed by atoms with Crippen molar-refractivity contribution in [1.82, 2.24) is 14.8 Å². The Balaban J connectivity index is 1.58. The Morgan fingerprint density at radius 2 is 1.96 bits per heavy atom. The number of H-pyrrole nitrogens is 1. The summed E-state index contributed by atoms with van der Waals surface area (Å²) in [6, 6.07) is 18.8. The van der Waals surface area contributed by atoms with Crippen LogP contribution in [-0.2, 0) is 13.0 Å². The molecule has 0 atom stereocenters. The molecule has 0 radical (unpaired) electrons. The number of nitrogens with one attached hydrogen (secondary N) is 2. The summed E-state index contributed by atoms with van der Waals surface area (Å²) >= 11 is 0. The van der Waals surface area contributed by atoms with E-state index in [4.69, 9.17) is 0 Å². The smallest absolute Gasteiger partial charge is 0.0648 e. The molecule has 4 nitrogen and oxygen atoms in total. The number of hydrogen-bond donors (Lipinski definition) is 2. The molecule has 0 aliphatic carbocycles. The van der Waals surface area contributed by atoms with Crippen LogP contribution in [-0.4, -0.2) is 14.8 Å². The molecule has 0 bridgehead atoms. The van der Waals surface area contributed by atoms with Gasteiger partial charge in [0.05, 0.1) is 11.9 Å². The summed E-state index contributed by atoms with van der Waals surface area (Å²) in [6.07, 6.45) is 6.07. The molecule has 2 aromatic carbocycles. The molecule has 4 heteroatoms. The monoisotopic (exact) mass is 330 g/mol. The Kier molecular flexibility index (Phi) is 4.25. The van der Waals surface area contributed by atoms with Crippen molar-refractivity contribution in [2.24, 2.45) is 0 Å². The van der Waals surface area contributed by atoms with Crippen molar-refractivity contribution in [3.05, 3.63) is 78.2 Å². The summed E-state index contributed by atoms with van der Waals surface area (Å²) in [4.78, 5) is 3.23. The first kappa shape index (κ1) is 15.5. The van der Waals surface area contributed by atoms with Gasteiger partial charge in [-0.3, -0.25) is 0 Å². The molecule has 25 heavy (non-hydrogen) atoms. The van der Waals surface area contributed by atoms with E-state index in [1.165, 1.54) is 16.6 Å². The molecule has 0 fully saturated rings. The van der Waals surface area contributed by atoms with E-state index < -0.39 is 0 Å². The Morgan fingerprint density at radius 3 is 2.80 bits per heavy atom. The van der Waals surface area contributed by atoms with E-state index in [0.717, 1.165) is 36.3 Å². The predicted octanol–water partition coefficient (Wildman–Crippen LogP) is 4.92. The van der Waals surface area contributed by atoms with Gasteiger partial charge >= 0.3 is 0 Å². The van der Waals surface area contributed by atoms with Crippen LogP contribution < -0.4 is 5.32 Å². The van der Waals surface area contributed by atoms with Crippen molar-refractivity contribution in [1.29, 1.82) is 0 Å². The van der Waals surface area contributed by atoms with Crippen molar-refractivity contribution in [2.75, 3.05) is 5.32 Å². The van der Waals surface area contributed by atoms with Gasteiger partial charge in [-0.25, -0.2) is 4.68 Å². The third-order valence-corrected chi connectivity index (χ3v) is 4.48. The van der Waals surface area contributed by atoms with Gasteiger partial charge < -0.3 is 10.3 Å². The lowest BCUT2D eigenvalue weighted by atomic mass is 10.1. The van der Waals surface area contributed by atoms with Crippen LogP contribution in [0.1, 0.15) is 24.6 Å². The maximum atomic E-state index is 4.63. The van der Waals surface area contributed by atoms with Gasteiger partial charge in [-0.2, -0.15) is 5.10 Å². The van der Waals surface area contributed by atoms with Crippen LogP contribution in [0.25, 0.3) is 16.6 Å². The summed E-state index contributed by atoms with van der Waals surface area (Å²) in [6.45, 7) is 2.98. The SMILES string of the molecule is CCCc1c(CNc2ccc3[nH]ccc3c2)cnn1-c1ccccc1.